The predicted molar refractivity (Wildman–Crippen MR) is 62.1 cm³/mol. The zero-order valence-electron chi connectivity index (χ0n) is 9.40. The third-order valence-corrected chi connectivity index (χ3v) is 2.85. The zero-order chi connectivity index (χ0) is 10.6. The van der Waals surface area contributed by atoms with Crippen LogP contribution in [0.3, 0.4) is 0 Å². The topological polar surface area (TPSA) is 26.0 Å². The molecule has 0 fully saturated rings. The molecule has 0 amide bonds. The van der Waals surface area contributed by atoms with Gasteiger partial charge in [-0.3, -0.25) is 0 Å². The highest BCUT2D eigenvalue weighted by Crippen LogP contribution is 2.19. The summed E-state index contributed by atoms with van der Waals surface area (Å²) in [6.45, 7) is 6.60. The van der Waals surface area contributed by atoms with Crippen LogP contribution in [0.1, 0.15) is 26.3 Å². The fraction of sp³-hybridized carbons (Fsp3) is 0.538. The Morgan fingerprint density at radius 3 is 2.07 bits per heavy atom. The first-order chi connectivity index (χ1) is 6.61. The van der Waals surface area contributed by atoms with Gasteiger partial charge in [-0.15, -0.1) is 0 Å². The molecule has 1 aromatic carbocycles. The summed E-state index contributed by atoms with van der Waals surface area (Å²) in [4.78, 5) is 0. The summed E-state index contributed by atoms with van der Waals surface area (Å²) in [5.74, 6) is 1.23. The van der Waals surface area contributed by atoms with Crippen molar-refractivity contribution in [2.75, 3.05) is 0 Å². The molecule has 1 aromatic rings. The highest BCUT2D eigenvalue weighted by atomic mass is 14.6. The van der Waals surface area contributed by atoms with Gasteiger partial charge < -0.3 is 5.73 Å². The third kappa shape index (κ3) is 3.15. The smallest absolute Gasteiger partial charge is 0.00443 e. The molecular weight excluding hydrogens is 170 g/mol. The summed E-state index contributed by atoms with van der Waals surface area (Å²) in [7, 11) is 0. The highest BCUT2D eigenvalue weighted by Gasteiger charge is 2.17. The third-order valence-electron chi connectivity index (χ3n) is 2.85. The summed E-state index contributed by atoms with van der Waals surface area (Å²) in [5, 5.41) is 0. The van der Waals surface area contributed by atoms with E-state index in [1.165, 1.54) is 5.56 Å². The average Bonchev–Trinajstić information content (AvgIpc) is 2.15. The van der Waals surface area contributed by atoms with Crippen LogP contribution in [0.15, 0.2) is 30.3 Å². The van der Waals surface area contributed by atoms with Crippen molar-refractivity contribution in [2.24, 2.45) is 17.6 Å². The van der Waals surface area contributed by atoms with Crippen molar-refractivity contribution < 1.29 is 0 Å². The largest absolute Gasteiger partial charge is 0.328 e. The molecule has 0 saturated heterocycles. The van der Waals surface area contributed by atoms with Gasteiger partial charge in [0.15, 0.2) is 0 Å². The van der Waals surface area contributed by atoms with E-state index >= 15 is 0 Å². The maximum atomic E-state index is 5.99. The van der Waals surface area contributed by atoms with Crippen LogP contribution in [-0.2, 0) is 6.42 Å². The lowest BCUT2D eigenvalue weighted by atomic mass is 9.84. The van der Waals surface area contributed by atoms with Crippen LogP contribution in [0, 0.1) is 11.8 Å². The van der Waals surface area contributed by atoms with Gasteiger partial charge >= 0.3 is 0 Å². The molecule has 0 radical (unpaired) electrons. The molecule has 1 nitrogen and oxygen atoms in total. The lowest BCUT2D eigenvalue weighted by molar-refractivity contribution is 0.330. The summed E-state index contributed by atoms with van der Waals surface area (Å²) < 4.78 is 0. The maximum absolute atomic E-state index is 5.99. The van der Waals surface area contributed by atoms with Gasteiger partial charge in [0.05, 0.1) is 0 Å². The average molecular weight is 191 g/mol. The number of hydrogen-bond donors (Lipinski definition) is 1. The fourth-order valence-electron chi connectivity index (χ4n) is 1.91. The fourth-order valence-corrected chi connectivity index (χ4v) is 1.91. The van der Waals surface area contributed by atoms with Gasteiger partial charge in [0, 0.05) is 6.04 Å². The minimum absolute atomic E-state index is 0.273. The van der Waals surface area contributed by atoms with Gasteiger partial charge in [-0.25, -0.2) is 0 Å². The molecule has 0 aliphatic carbocycles. The van der Waals surface area contributed by atoms with Crippen molar-refractivity contribution in [3.05, 3.63) is 35.9 Å². The number of hydrogen-bond acceptors (Lipinski definition) is 1. The molecule has 1 rings (SSSR count). The monoisotopic (exact) mass is 191 g/mol. The molecule has 0 spiro atoms. The Bertz CT molecular complexity index is 243. The van der Waals surface area contributed by atoms with Gasteiger partial charge in [-0.1, -0.05) is 44.2 Å². The minimum Gasteiger partial charge on any atom is -0.328 e. The zero-order valence-corrected chi connectivity index (χ0v) is 9.40. The first-order valence-electron chi connectivity index (χ1n) is 5.40. The molecular formula is C13H21N. The molecule has 0 aromatic heterocycles. The Morgan fingerprint density at radius 1 is 1.07 bits per heavy atom. The van der Waals surface area contributed by atoms with Crippen molar-refractivity contribution in [1.82, 2.24) is 0 Å². The van der Waals surface area contributed by atoms with Gasteiger partial charge in [0.1, 0.15) is 0 Å². The van der Waals surface area contributed by atoms with Gasteiger partial charge in [-0.05, 0) is 30.7 Å². The van der Waals surface area contributed by atoms with Crippen LogP contribution in [0.25, 0.3) is 0 Å². The van der Waals surface area contributed by atoms with E-state index in [0.717, 1.165) is 6.42 Å². The van der Waals surface area contributed by atoms with Crippen LogP contribution < -0.4 is 5.73 Å². The molecule has 1 heteroatoms. The molecule has 2 N–H and O–H groups in total. The Balaban J connectivity index is 2.65. The molecule has 2 atom stereocenters. The SMILES string of the molecule is CC(C)C(Cc1ccccc1)C(C)N. The number of rotatable bonds is 4. The molecule has 0 aliphatic rings. The van der Waals surface area contributed by atoms with Crippen molar-refractivity contribution in [3.8, 4) is 0 Å². The van der Waals surface area contributed by atoms with E-state index in [2.05, 4.69) is 51.1 Å². The number of benzene rings is 1. The Labute approximate surface area is 87.3 Å². The van der Waals surface area contributed by atoms with Crippen LogP contribution in [0.2, 0.25) is 0 Å². The number of nitrogens with two attached hydrogens (primary N) is 1. The molecule has 0 heterocycles. The molecule has 0 saturated carbocycles. The van der Waals surface area contributed by atoms with Crippen LogP contribution in [0.5, 0.6) is 0 Å². The highest BCUT2D eigenvalue weighted by molar-refractivity contribution is 5.15. The summed E-state index contributed by atoms with van der Waals surface area (Å²) in [6.07, 6.45) is 1.09. The molecule has 0 bridgehead atoms. The van der Waals surface area contributed by atoms with E-state index in [1.54, 1.807) is 0 Å². The van der Waals surface area contributed by atoms with E-state index in [-0.39, 0.29) is 6.04 Å². The summed E-state index contributed by atoms with van der Waals surface area (Å²) in [5.41, 5.74) is 7.38. The van der Waals surface area contributed by atoms with E-state index in [9.17, 15) is 0 Å². The second-order valence-corrected chi connectivity index (χ2v) is 4.46. The van der Waals surface area contributed by atoms with Crippen molar-refractivity contribution in [1.29, 1.82) is 0 Å². The summed E-state index contributed by atoms with van der Waals surface area (Å²) in [6, 6.07) is 10.9. The van der Waals surface area contributed by atoms with Crippen LogP contribution >= 0.6 is 0 Å². The summed E-state index contributed by atoms with van der Waals surface area (Å²) >= 11 is 0. The molecule has 14 heavy (non-hydrogen) atoms. The van der Waals surface area contributed by atoms with Gasteiger partial charge in [0.25, 0.3) is 0 Å². The quantitative estimate of drug-likeness (QED) is 0.778. The molecule has 2 unspecified atom stereocenters. The van der Waals surface area contributed by atoms with E-state index in [0.29, 0.717) is 11.8 Å². The van der Waals surface area contributed by atoms with Crippen LogP contribution in [0.4, 0.5) is 0 Å². The van der Waals surface area contributed by atoms with Crippen molar-refractivity contribution in [2.45, 2.75) is 33.2 Å². The van der Waals surface area contributed by atoms with Crippen molar-refractivity contribution in [3.63, 3.8) is 0 Å². The van der Waals surface area contributed by atoms with E-state index < -0.39 is 0 Å². The van der Waals surface area contributed by atoms with Gasteiger partial charge in [0.2, 0.25) is 0 Å². The first kappa shape index (κ1) is 11.3. The second-order valence-electron chi connectivity index (χ2n) is 4.46. The van der Waals surface area contributed by atoms with Gasteiger partial charge in [-0.2, -0.15) is 0 Å². The van der Waals surface area contributed by atoms with Crippen LogP contribution in [-0.4, -0.2) is 6.04 Å². The Hall–Kier alpha value is -0.820. The lowest BCUT2D eigenvalue weighted by Crippen LogP contribution is -2.32. The maximum Gasteiger partial charge on any atom is 0.00443 e. The minimum atomic E-state index is 0.273. The Kier molecular flexibility index (Phi) is 4.15. The predicted octanol–water partition coefficient (Wildman–Crippen LogP) is 2.85. The molecule has 0 aliphatic heterocycles. The lowest BCUT2D eigenvalue weighted by Gasteiger charge is -2.24. The van der Waals surface area contributed by atoms with E-state index in [4.69, 9.17) is 5.73 Å². The standard InChI is InChI=1S/C13H21N/c1-10(2)13(11(3)14)9-12-7-5-4-6-8-12/h4-8,10-11,13H,9,14H2,1-3H3. The first-order valence-corrected chi connectivity index (χ1v) is 5.40. The van der Waals surface area contributed by atoms with Crippen molar-refractivity contribution >= 4 is 0 Å². The Morgan fingerprint density at radius 2 is 1.64 bits per heavy atom. The van der Waals surface area contributed by atoms with E-state index in [1.807, 2.05) is 0 Å². The normalized spacial score (nSPS) is 15.5. The molecule has 78 valence electrons. The second kappa shape index (κ2) is 5.16.